The molecular weight excluding hydrogens is 256 g/mol. The quantitative estimate of drug-likeness (QED) is 0.872. The van der Waals surface area contributed by atoms with Crippen LogP contribution < -0.4 is 5.73 Å². The van der Waals surface area contributed by atoms with Crippen molar-refractivity contribution in [1.29, 1.82) is 0 Å². The smallest absolute Gasteiger partial charge is 0.306 e. The highest BCUT2D eigenvalue weighted by molar-refractivity contribution is 5.92. The van der Waals surface area contributed by atoms with Gasteiger partial charge in [0.15, 0.2) is 0 Å². The lowest BCUT2D eigenvalue weighted by atomic mass is 9.91. The SMILES string of the molecule is CC1CC(C(=O)O)CCN1Cc1ccc(C(N)=O)cc1. The number of carbonyl (C=O) groups is 2. The fourth-order valence-electron chi connectivity index (χ4n) is 2.69. The number of benzene rings is 1. The van der Waals surface area contributed by atoms with Crippen LogP contribution in [0.15, 0.2) is 24.3 Å². The molecule has 0 spiro atoms. The molecule has 1 fully saturated rings. The van der Waals surface area contributed by atoms with Gasteiger partial charge in [-0.25, -0.2) is 0 Å². The third kappa shape index (κ3) is 3.36. The first-order valence-corrected chi connectivity index (χ1v) is 6.83. The molecule has 5 heteroatoms. The number of rotatable bonds is 4. The summed E-state index contributed by atoms with van der Waals surface area (Å²) in [7, 11) is 0. The second kappa shape index (κ2) is 6.05. The molecule has 0 radical (unpaired) electrons. The van der Waals surface area contributed by atoms with Gasteiger partial charge in [-0.15, -0.1) is 0 Å². The lowest BCUT2D eigenvalue weighted by Gasteiger charge is -2.36. The summed E-state index contributed by atoms with van der Waals surface area (Å²) in [6, 6.07) is 7.51. The first-order valence-electron chi connectivity index (χ1n) is 6.83. The van der Waals surface area contributed by atoms with Crippen molar-refractivity contribution in [3.8, 4) is 0 Å². The number of carbonyl (C=O) groups excluding carboxylic acids is 1. The average molecular weight is 276 g/mol. The van der Waals surface area contributed by atoms with Crippen molar-refractivity contribution in [2.75, 3.05) is 6.54 Å². The molecule has 1 saturated heterocycles. The number of amides is 1. The third-order valence-corrected chi connectivity index (χ3v) is 3.99. The van der Waals surface area contributed by atoms with Crippen LogP contribution in [-0.4, -0.2) is 34.5 Å². The number of nitrogens with two attached hydrogens (primary N) is 1. The molecule has 2 unspecified atom stereocenters. The van der Waals surface area contributed by atoms with Gasteiger partial charge in [0, 0.05) is 18.2 Å². The number of carboxylic acid groups (broad SMARTS) is 1. The van der Waals surface area contributed by atoms with Gasteiger partial charge in [-0.2, -0.15) is 0 Å². The molecule has 1 aromatic rings. The highest BCUT2D eigenvalue weighted by atomic mass is 16.4. The molecule has 2 atom stereocenters. The molecule has 1 heterocycles. The fraction of sp³-hybridized carbons (Fsp3) is 0.467. The molecule has 0 saturated carbocycles. The van der Waals surface area contributed by atoms with Crippen LogP contribution in [0.4, 0.5) is 0 Å². The van der Waals surface area contributed by atoms with Crippen molar-refractivity contribution in [2.45, 2.75) is 32.4 Å². The molecule has 5 nitrogen and oxygen atoms in total. The zero-order valence-corrected chi connectivity index (χ0v) is 11.6. The van der Waals surface area contributed by atoms with Gasteiger partial charge in [-0.05, 0) is 44.0 Å². The number of hydrogen-bond donors (Lipinski definition) is 2. The third-order valence-electron chi connectivity index (χ3n) is 3.99. The van der Waals surface area contributed by atoms with Crippen LogP contribution in [0, 0.1) is 5.92 Å². The normalized spacial score (nSPS) is 23.4. The molecule has 1 amide bonds. The Bertz CT molecular complexity index is 498. The summed E-state index contributed by atoms with van der Waals surface area (Å²) in [6.07, 6.45) is 1.38. The summed E-state index contributed by atoms with van der Waals surface area (Å²) in [5, 5.41) is 9.05. The van der Waals surface area contributed by atoms with Crippen LogP contribution in [0.1, 0.15) is 35.7 Å². The highest BCUT2D eigenvalue weighted by Crippen LogP contribution is 2.24. The Morgan fingerprint density at radius 3 is 2.50 bits per heavy atom. The summed E-state index contributed by atoms with van der Waals surface area (Å²) in [5.41, 5.74) is 6.82. The maximum absolute atomic E-state index is 11.0. The van der Waals surface area contributed by atoms with E-state index in [2.05, 4.69) is 11.8 Å². The largest absolute Gasteiger partial charge is 0.481 e. The predicted octanol–water partition coefficient (Wildman–Crippen LogP) is 1.47. The van der Waals surface area contributed by atoms with E-state index in [1.807, 2.05) is 12.1 Å². The predicted molar refractivity (Wildman–Crippen MR) is 75.2 cm³/mol. The number of aliphatic carboxylic acids is 1. The van der Waals surface area contributed by atoms with Crippen molar-refractivity contribution < 1.29 is 14.7 Å². The van der Waals surface area contributed by atoms with E-state index in [4.69, 9.17) is 10.8 Å². The van der Waals surface area contributed by atoms with Crippen LogP contribution in [0.5, 0.6) is 0 Å². The van der Waals surface area contributed by atoms with Crippen LogP contribution in [0.2, 0.25) is 0 Å². The van der Waals surface area contributed by atoms with Crippen LogP contribution in [0.25, 0.3) is 0 Å². The summed E-state index contributed by atoms with van der Waals surface area (Å²) in [5.74, 6) is -1.34. The van der Waals surface area contributed by atoms with Gasteiger partial charge in [-0.1, -0.05) is 12.1 Å². The Morgan fingerprint density at radius 2 is 2.00 bits per heavy atom. The van der Waals surface area contributed by atoms with E-state index >= 15 is 0 Å². The monoisotopic (exact) mass is 276 g/mol. The minimum Gasteiger partial charge on any atom is -0.481 e. The first-order chi connectivity index (χ1) is 9.47. The van der Waals surface area contributed by atoms with Gasteiger partial charge >= 0.3 is 5.97 Å². The molecule has 2 rings (SSSR count). The molecular formula is C15H20N2O3. The second-order valence-electron chi connectivity index (χ2n) is 5.44. The molecule has 1 aliphatic rings. The van der Waals surface area contributed by atoms with Gasteiger partial charge in [-0.3, -0.25) is 14.5 Å². The Morgan fingerprint density at radius 1 is 1.35 bits per heavy atom. The maximum Gasteiger partial charge on any atom is 0.306 e. The lowest BCUT2D eigenvalue weighted by molar-refractivity contribution is -0.144. The molecule has 1 aromatic carbocycles. The summed E-state index contributed by atoms with van der Waals surface area (Å²) in [4.78, 5) is 24.3. The van der Waals surface area contributed by atoms with Crippen LogP contribution in [0.3, 0.4) is 0 Å². The first kappa shape index (κ1) is 14.5. The van der Waals surface area contributed by atoms with Crippen molar-refractivity contribution in [2.24, 2.45) is 11.7 Å². The van der Waals surface area contributed by atoms with E-state index in [1.165, 1.54) is 0 Å². The van der Waals surface area contributed by atoms with Gasteiger partial charge in [0.05, 0.1) is 5.92 Å². The minimum absolute atomic E-state index is 0.224. The number of carboxylic acids is 1. The molecule has 108 valence electrons. The number of hydrogen-bond acceptors (Lipinski definition) is 3. The van der Waals surface area contributed by atoms with Crippen molar-refractivity contribution in [3.05, 3.63) is 35.4 Å². The van der Waals surface area contributed by atoms with Crippen molar-refractivity contribution in [3.63, 3.8) is 0 Å². The van der Waals surface area contributed by atoms with Crippen LogP contribution in [-0.2, 0) is 11.3 Å². The summed E-state index contributed by atoms with van der Waals surface area (Å²) in [6.45, 7) is 3.62. The standard InChI is InChI=1S/C15H20N2O3/c1-10-8-13(15(19)20)6-7-17(10)9-11-2-4-12(5-3-11)14(16)18/h2-5,10,13H,6-9H2,1H3,(H2,16,18)(H,19,20). The van der Waals surface area contributed by atoms with E-state index in [-0.39, 0.29) is 12.0 Å². The Labute approximate surface area is 118 Å². The molecule has 0 aromatic heterocycles. The van der Waals surface area contributed by atoms with E-state index in [1.54, 1.807) is 12.1 Å². The second-order valence-corrected chi connectivity index (χ2v) is 5.44. The zero-order chi connectivity index (χ0) is 14.7. The molecule has 0 aliphatic carbocycles. The van der Waals surface area contributed by atoms with Gasteiger partial charge < -0.3 is 10.8 Å². The Hall–Kier alpha value is -1.88. The summed E-state index contributed by atoms with van der Waals surface area (Å²) < 4.78 is 0. The lowest BCUT2D eigenvalue weighted by Crippen LogP contribution is -2.42. The molecule has 20 heavy (non-hydrogen) atoms. The minimum atomic E-state index is -0.692. The van der Waals surface area contributed by atoms with E-state index in [0.717, 1.165) is 18.7 Å². The number of primary amides is 1. The summed E-state index contributed by atoms with van der Waals surface area (Å²) >= 11 is 0. The van der Waals surface area contributed by atoms with E-state index in [0.29, 0.717) is 18.4 Å². The zero-order valence-electron chi connectivity index (χ0n) is 11.6. The average Bonchev–Trinajstić information content (AvgIpc) is 2.41. The number of likely N-dealkylation sites (tertiary alicyclic amines) is 1. The number of nitrogens with zero attached hydrogens (tertiary/aromatic N) is 1. The van der Waals surface area contributed by atoms with Crippen LogP contribution >= 0.6 is 0 Å². The molecule has 0 bridgehead atoms. The van der Waals surface area contributed by atoms with Crippen molar-refractivity contribution in [1.82, 2.24) is 4.90 Å². The Balaban J connectivity index is 1.97. The maximum atomic E-state index is 11.0. The Kier molecular flexibility index (Phi) is 4.39. The van der Waals surface area contributed by atoms with Gasteiger partial charge in [0.1, 0.15) is 0 Å². The van der Waals surface area contributed by atoms with Gasteiger partial charge in [0.25, 0.3) is 0 Å². The van der Waals surface area contributed by atoms with E-state index in [9.17, 15) is 9.59 Å². The topological polar surface area (TPSA) is 83.6 Å². The molecule has 1 aliphatic heterocycles. The number of piperidine rings is 1. The molecule has 3 N–H and O–H groups in total. The van der Waals surface area contributed by atoms with Crippen molar-refractivity contribution >= 4 is 11.9 Å². The van der Waals surface area contributed by atoms with Gasteiger partial charge in [0.2, 0.25) is 5.91 Å². The van der Waals surface area contributed by atoms with E-state index < -0.39 is 11.9 Å². The highest BCUT2D eigenvalue weighted by Gasteiger charge is 2.29. The fourth-order valence-corrected chi connectivity index (χ4v) is 2.69.